The minimum absolute atomic E-state index is 0.109. The van der Waals surface area contributed by atoms with Crippen LogP contribution in [0.15, 0.2) is 0 Å². The lowest BCUT2D eigenvalue weighted by Crippen LogP contribution is -2.40. The Kier molecular flexibility index (Phi) is 5.81. The lowest BCUT2D eigenvalue weighted by Gasteiger charge is -2.20. The summed E-state index contributed by atoms with van der Waals surface area (Å²) in [6.07, 6.45) is -0.574. The van der Waals surface area contributed by atoms with Crippen LogP contribution in [-0.2, 0) is 14.3 Å². The van der Waals surface area contributed by atoms with Gasteiger partial charge in [0.05, 0.1) is 13.0 Å². The number of hydrogen-bond acceptors (Lipinski definition) is 5. The first-order valence-electron chi connectivity index (χ1n) is 5.05. The van der Waals surface area contributed by atoms with Gasteiger partial charge in [0, 0.05) is 13.1 Å². The maximum Gasteiger partial charge on any atom is 0.407 e. The molecule has 0 aliphatic rings. The maximum absolute atomic E-state index is 11.3. The summed E-state index contributed by atoms with van der Waals surface area (Å²) in [5, 5.41) is 2.46. The smallest absolute Gasteiger partial charge is 0.407 e. The van der Waals surface area contributed by atoms with E-state index in [1.807, 2.05) is 0 Å². The summed E-state index contributed by atoms with van der Waals surface area (Å²) >= 11 is 0. The summed E-state index contributed by atoms with van der Waals surface area (Å²) in [4.78, 5) is 22.4. The predicted molar refractivity (Wildman–Crippen MR) is 58.8 cm³/mol. The molecule has 0 radical (unpaired) electrons. The normalized spacial score (nSPS) is 12.8. The van der Waals surface area contributed by atoms with Crippen molar-refractivity contribution in [2.75, 3.05) is 20.2 Å². The fourth-order valence-electron chi connectivity index (χ4n) is 0.950. The molecule has 0 aromatic rings. The zero-order valence-electron chi connectivity index (χ0n) is 10.2. The van der Waals surface area contributed by atoms with Gasteiger partial charge in [-0.15, -0.1) is 0 Å². The molecule has 0 saturated heterocycles. The van der Waals surface area contributed by atoms with E-state index in [-0.39, 0.29) is 13.1 Å². The Morgan fingerprint density at radius 2 is 1.94 bits per heavy atom. The van der Waals surface area contributed by atoms with E-state index in [1.165, 1.54) is 7.11 Å². The predicted octanol–water partition coefficient (Wildman–Crippen LogP) is 0.259. The van der Waals surface area contributed by atoms with E-state index in [0.717, 1.165) is 0 Å². The second-order valence-corrected chi connectivity index (χ2v) is 4.34. The molecule has 0 aliphatic carbocycles. The molecule has 0 bridgehead atoms. The Hall–Kier alpha value is -1.30. The number of alkyl carbamates (subject to hydrolysis) is 1. The number of carbonyl (C=O) groups excluding carboxylic acids is 2. The number of carbonyl (C=O) groups is 2. The van der Waals surface area contributed by atoms with Crippen molar-refractivity contribution >= 4 is 12.1 Å². The Morgan fingerprint density at radius 3 is 2.31 bits per heavy atom. The summed E-state index contributed by atoms with van der Waals surface area (Å²) in [6, 6.07) is 0. The van der Waals surface area contributed by atoms with E-state index in [1.54, 1.807) is 20.8 Å². The third-order valence-electron chi connectivity index (χ3n) is 1.71. The Balaban J connectivity index is 4.03. The van der Waals surface area contributed by atoms with E-state index in [0.29, 0.717) is 0 Å². The van der Waals surface area contributed by atoms with Crippen LogP contribution < -0.4 is 11.1 Å². The van der Waals surface area contributed by atoms with Crippen LogP contribution in [0.25, 0.3) is 0 Å². The Morgan fingerprint density at radius 1 is 1.38 bits per heavy atom. The number of rotatable bonds is 4. The molecule has 16 heavy (non-hydrogen) atoms. The van der Waals surface area contributed by atoms with Crippen LogP contribution in [0.4, 0.5) is 4.79 Å². The van der Waals surface area contributed by atoms with Crippen molar-refractivity contribution in [2.24, 2.45) is 11.7 Å². The van der Waals surface area contributed by atoms with Gasteiger partial charge in [0.2, 0.25) is 0 Å². The SMILES string of the molecule is COC(=O)C(CN)CNC(=O)OC(C)(C)C. The number of nitrogens with two attached hydrogens (primary N) is 1. The molecule has 6 nitrogen and oxygen atoms in total. The molecule has 0 aliphatic heterocycles. The van der Waals surface area contributed by atoms with Crippen molar-refractivity contribution in [2.45, 2.75) is 26.4 Å². The standard InChI is InChI=1S/C10H20N2O4/c1-10(2,3)16-9(14)12-6-7(5-11)8(13)15-4/h7H,5-6,11H2,1-4H3,(H,12,14). The van der Waals surface area contributed by atoms with Crippen molar-refractivity contribution in [3.63, 3.8) is 0 Å². The minimum atomic E-state index is -0.574. The van der Waals surface area contributed by atoms with Crippen LogP contribution in [0.1, 0.15) is 20.8 Å². The summed E-state index contributed by atoms with van der Waals surface area (Å²) in [7, 11) is 1.28. The first-order chi connectivity index (χ1) is 7.30. The van der Waals surface area contributed by atoms with Crippen LogP contribution in [0, 0.1) is 5.92 Å². The molecule has 0 heterocycles. The van der Waals surface area contributed by atoms with Gasteiger partial charge in [-0.05, 0) is 20.8 Å². The van der Waals surface area contributed by atoms with Crippen molar-refractivity contribution in [1.29, 1.82) is 0 Å². The molecule has 0 fully saturated rings. The lowest BCUT2D eigenvalue weighted by atomic mass is 10.1. The molecule has 0 spiro atoms. The van der Waals surface area contributed by atoms with E-state index in [2.05, 4.69) is 10.1 Å². The van der Waals surface area contributed by atoms with Crippen molar-refractivity contribution in [1.82, 2.24) is 5.32 Å². The first-order valence-corrected chi connectivity index (χ1v) is 5.05. The van der Waals surface area contributed by atoms with E-state index < -0.39 is 23.6 Å². The quantitative estimate of drug-likeness (QED) is 0.678. The fourth-order valence-corrected chi connectivity index (χ4v) is 0.950. The van der Waals surface area contributed by atoms with E-state index in [9.17, 15) is 9.59 Å². The molecular formula is C10H20N2O4. The monoisotopic (exact) mass is 232 g/mol. The van der Waals surface area contributed by atoms with Gasteiger partial charge in [-0.1, -0.05) is 0 Å². The molecule has 94 valence electrons. The molecule has 0 saturated carbocycles. The van der Waals surface area contributed by atoms with Gasteiger partial charge < -0.3 is 20.5 Å². The highest BCUT2D eigenvalue weighted by Gasteiger charge is 2.20. The zero-order chi connectivity index (χ0) is 12.8. The molecular weight excluding hydrogens is 212 g/mol. The van der Waals surface area contributed by atoms with Gasteiger partial charge in [-0.2, -0.15) is 0 Å². The topological polar surface area (TPSA) is 90.6 Å². The van der Waals surface area contributed by atoms with Crippen LogP contribution in [0.2, 0.25) is 0 Å². The molecule has 6 heteroatoms. The van der Waals surface area contributed by atoms with Crippen LogP contribution >= 0.6 is 0 Å². The summed E-state index contributed by atoms with van der Waals surface area (Å²) in [5.41, 5.74) is 4.81. The molecule has 0 aromatic heterocycles. The van der Waals surface area contributed by atoms with Crippen molar-refractivity contribution < 1.29 is 19.1 Å². The van der Waals surface area contributed by atoms with Gasteiger partial charge in [0.25, 0.3) is 0 Å². The minimum Gasteiger partial charge on any atom is -0.469 e. The van der Waals surface area contributed by atoms with Crippen molar-refractivity contribution in [3.8, 4) is 0 Å². The molecule has 0 aromatic carbocycles. The largest absolute Gasteiger partial charge is 0.469 e. The third kappa shape index (κ3) is 6.23. The second kappa shape index (κ2) is 6.32. The number of hydrogen-bond donors (Lipinski definition) is 2. The number of nitrogens with one attached hydrogen (secondary N) is 1. The van der Waals surface area contributed by atoms with Crippen molar-refractivity contribution in [3.05, 3.63) is 0 Å². The highest BCUT2D eigenvalue weighted by atomic mass is 16.6. The Labute approximate surface area is 95.5 Å². The molecule has 3 N–H and O–H groups in total. The fraction of sp³-hybridized carbons (Fsp3) is 0.800. The molecule has 0 rings (SSSR count). The molecule has 1 unspecified atom stereocenters. The Bertz CT molecular complexity index is 248. The average Bonchev–Trinajstić information content (AvgIpc) is 2.15. The number of esters is 1. The van der Waals surface area contributed by atoms with Gasteiger partial charge in [0.15, 0.2) is 0 Å². The highest BCUT2D eigenvalue weighted by molar-refractivity contribution is 5.74. The zero-order valence-corrected chi connectivity index (χ0v) is 10.2. The second-order valence-electron chi connectivity index (χ2n) is 4.34. The maximum atomic E-state index is 11.3. The van der Waals surface area contributed by atoms with Crippen LogP contribution in [-0.4, -0.2) is 37.9 Å². The van der Waals surface area contributed by atoms with Gasteiger partial charge in [-0.25, -0.2) is 4.79 Å². The van der Waals surface area contributed by atoms with E-state index in [4.69, 9.17) is 10.5 Å². The number of methoxy groups -OCH3 is 1. The number of ether oxygens (including phenoxy) is 2. The molecule has 1 amide bonds. The summed E-state index contributed by atoms with van der Waals surface area (Å²) in [6.45, 7) is 5.49. The third-order valence-corrected chi connectivity index (χ3v) is 1.71. The van der Waals surface area contributed by atoms with Gasteiger partial charge in [-0.3, -0.25) is 4.79 Å². The van der Waals surface area contributed by atoms with Crippen LogP contribution in [0.5, 0.6) is 0 Å². The van der Waals surface area contributed by atoms with E-state index >= 15 is 0 Å². The van der Waals surface area contributed by atoms with Crippen LogP contribution in [0.3, 0.4) is 0 Å². The molecule has 1 atom stereocenters. The van der Waals surface area contributed by atoms with Gasteiger partial charge in [0.1, 0.15) is 5.60 Å². The summed E-state index contributed by atoms with van der Waals surface area (Å²) < 4.78 is 9.53. The first kappa shape index (κ1) is 14.7. The lowest BCUT2D eigenvalue weighted by molar-refractivity contribution is -0.144. The highest BCUT2D eigenvalue weighted by Crippen LogP contribution is 2.06. The summed E-state index contributed by atoms with van der Waals surface area (Å²) in [5.74, 6) is -0.990. The van der Waals surface area contributed by atoms with Gasteiger partial charge >= 0.3 is 12.1 Å². The average molecular weight is 232 g/mol. The number of amides is 1.